The van der Waals surface area contributed by atoms with E-state index in [2.05, 4.69) is 25.7 Å². The first-order valence-corrected chi connectivity index (χ1v) is 10.4. The van der Waals surface area contributed by atoms with Gasteiger partial charge in [-0.05, 0) is 65.0 Å². The molecule has 9 heteroatoms. The molecule has 3 rings (SSSR count). The Bertz CT molecular complexity index is 1060. The molecule has 1 amide bonds. The van der Waals surface area contributed by atoms with E-state index in [0.29, 0.717) is 41.3 Å². The monoisotopic (exact) mass is 442 g/mol. The second kappa shape index (κ2) is 9.34. The van der Waals surface area contributed by atoms with Gasteiger partial charge in [0.1, 0.15) is 17.4 Å². The van der Waals surface area contributed by atoms with Crippen LogP contribution in [0, 0.1) is 20.8 Å². The Morgan fingerprint density at radius 3 is 2.45 bits per heavy atom. The molecule has 0 bridgehead atoms. The number of rotatable bonds is 8. The van der Waals surface area contributed by atoms with Gasteiger partial charge in [0.25, 0.3) is 5.91 Å². The van der Waals surface area contributed by atoms with Crippen molar-refractivity contribution in [3.05, 3.63) is 58.6 Å². The van der Waals surface area contributed by atoms with Gasteiger partial charge in [-0.3, -0.25) is 4.79 Å². The highest BCUT2D eigenvalue weighted by Gasteiger charge is 2.29. The lowest BCUT2D eigenvalue weighted by Crippen LogP contribution is -2.47. The van der Waals surface area contributed by atoms with Crippen LogP contribution in [0.2, 0.25) is 5.02 Å². The maximum absolute atomic E-state index is 12.6. The van der Waals surface area contributed by atoms with Gasteiger partial charge in [-0.15, -0.1) is 0 Å². The zero-order valence-electron chi connectivity index (χ0n) is 18.4. The van der Waals surface area contributed by atoms with E-state index in [1.54, 1.807) is 42.8 Å². The first-order chi connectivity index (χ1) is 14.6. The molecule has 0 atom stereocenters. The zero-order valence-corrected chi connectivity index (χ0v) is 19.1. The number of hydrogen-bond acceptors (Lipinski definition) is 6. The van der Waals surface area contributed by atoms with Crippen molar-refractivity contribution in [2.24, 2.45) is 0 Å². The average molecular weight is 443 g/mol. The van der Waals surface area contributed by atoms with E-state index >= 15 is 0 Å². The molecular formula is C22H27ClN6O2. The number of nitrogens with one attached hydrogen (secondary N) is 2. The summed E-state index contributed by atoms with van der Waals surface area (Å²) in [5.41, 5.74) is 0.897. The molecule has 164 valence electrons. The van der Waals surface area contributed by atoms with Gasteiger partial charge in [0.15, 0.2) is 11.4 Å². The third kappa shape index (κ3) is 5.95. The minimum atomic E-state index is -1.03. The van der Waals surface area contributed by atoms with E-state index in [4.69, 9.17) is 16.3 Å². The number of hydrogen-bond donors (Lipinski definition) is 2. The van der Waals surface area contributed by atoms with Crippen molar-refractivity contribution in [1.29, 1.82) is 0 Å². The molecule has 0 unspecified atom stereocenters. The largest absolute Gasteiger partial charge is 0.478 e. The molecule has 2 aromatic heterocycles. The van der Waals surface area contributed by atoms with Gasteiger partial charge >= 0.3 is 0 Å². The number of carbonyl (C=O) groups excluding carboxylic acids is 1. The Kier molecular flexibility index (Phi) is 6.80. The molecule has 0 fully saturated rings. The predicted molar refractivity (Wildman–Crippen MR) is 121 cm³/mol. The van der Waals surface area contributed by atoms with E-state index in [1.807, 2.05) is 32.9 Å². The molecule has 0 aliphatic rings. The van der Waals surface area contributed by atoms with Crippen LogP contribution in [0.1, 0.15) is 31.1 Å². The molecule has 0 aliphatic heterocycles. The van der Waals surface area contributed by atoms with Crippen LogP contribution in [0.4, 0.5) is 5.82 Å². The SMILES string of the molecule is Cc1cc(C)n(-c2cc(NCCNC(=O)C(C)(C)Oc3ccc(Cl)cc3)nc(C)n2)n1. The van der Waals surface area contributed by atoms with Crippen molar-refractivity contribution in [2.75, 3.05) is 18.4 Å². The minimum Gasteiger partial charge on any atom is -0.478 e. The highest BCUT2D eigenvalue weighted by molar-refractivity contribution is 6.30. The third-order valence-electron chi connectivity index (χ3n) is 4.50. The van der Waals surface area contributed by atoms with E-state index in [1.165, 1.54) is 0 Å². The summed E-state index contributed by atoms with van der Waals surface area (Å²) in [6.45, 7) is 10.1. The summed E-state index contributed by atoms with van der Waals surface area (Å²) in [5, 5.41) is 11.2. The lowest BCUT2D eigenvalue weighted by atomic mass is 10.1. The number of nitrogens with zero attached hydrogens (tertiary/aromatic N) is 4. The van der Waals surface area contributed by atoms with Gasteiger partial charge in [-0.25, -0.2) is 14.6 Å². The number of ether oxygens (including phenoxy) is 1. The molecule has 1 aromatic carbocycles. The Hall–Kier alpha value is -3.13. The van der Waals surface area contributed by atoms with Crippen molar-refractivity contribution in [1.82, 2.24) is 25.1 Å². The van der Waals surface area contributed by atoms with Crippen LogP contribution in [-0.2, 0) is 4.79 Å². The van der Waals surface area contributed by atoms with Crippen molar-refractivity contribution in [3.8, 4) is 11.6 Å². The Morgan fingerprint density at radius 1 is 1.10 bits per heavy atom. The number of aryl methyl sites for hydroxylation is 3. The summed E-state index contributed by atoms with van der Waals surface area (Å²) in [5.74, 6) is 2.36. The van der Waals surface area contributed by atoms with Crippen LogP contribution in [-0.4, -0.2) is 44.3 Å². The van der Waals surface area contributed by atoms with Crippen LogP contribution in [0.25, 0.3) is 5.82 Å². The number of amides is 1. The van der Waals surface area contributed by atoms with Crippen LogP contribution in [0.5, 0.6) is 5.75 Å². The summed E-state index contributed by atoms with van der Waals surface area (Å²) in [6.07, 6.45) is 0. The van der Waals surface area contributed by atoms with Crippen LogP contribution < -0.4 is 15.4 Å². The Labute approximate surface area is 187 Å². The normalized spacial score (nSPS) is 11.3. The van der Waals surface area contributed by atoms with Gasteiger partial charge in [0, 0.05) is 29.9 Å². The van der Waals surface area contributed by atoms with E-state index in [9.17, 15) is 4.79 Å². The fourth-order valence-electron chi connectivity index (χ4n) is 3.03. The maximum atomic E-state index is 12.6. The van der Waals surface area contributed by atoms with Crippen molar-refractivity contribution in [3.63, 3.8) is 0 Å². The summed E-state index contributed by atoms with van der Waals surface area (Å²) in [6, 6.07) is 10.7. The van der Waals surface area contributed by atoms with Gasteiger partial charge in [0.2, 0.25) is 0 Å². The molecule has 31 heavy (non-hydrogen) atoms. The zero-order chi connectivity index (χ0) is 22.6. The maximum Gasteiger partial charge on any atom is 0.263 e. The molecule has 0 radical (unpaired) electrons. The predicted octanol–water partition coefficient (Wildman–Crippen LogP) is 3.63. The third-order valence-corrected chi connectivity index (χ3v) is 4.75. The van der Waals surface area contributed by atoms with E-state index in [0.717, 1.165) is 11.4 Å². The average Bonchev–Trinajstić information content (AvgIpc) is 3.04. The lowest BCUT2D eigenvalue weighted by molar-refractivity contribution is -0.134. The molecule has 3 aromatic rings. The highest BCUT2D eigenvalue weighted by atomic mass is 35.5. The molecule has 8 nitrogen and oxygen atoms in total. The fraction of sp³-hybridized carbons (Fsp3) is 0.364. The van der Waals surface area contributed by atoms with Crippen LogP contribution >= 0.6 is 11.6 Å². The Morgan fingerprint density at radius 2 is 1.81 bits per heavy atom. The first-order valence-electron chi connectivity index (χ1n) is 10.00. The molecule has 0 saturated heterocycles. The summed E-state index contributed by atoms with van der Waals surface area (Å²) >= 11 is 5.89. The van der Waals surface area contributed by atoms with E-state index in [-0.39, 0.29) is 5.91 Å². The molecular weight excluding hydrogens is 416 g/mol. The fourth-order valence-corrected chi connectivity index (χ4v) is 3.16. The number of aromatic nitrogens is 4. The van der Waals surface area contributed by atoms with Crippen LogP contribution in [0.3, 0.4) is 0 Å². The number of halogens is 1. The second-order valence-corrected chi connectivity index (χ2v) is 8.18. The van der Waals surface area contributed by atoms with Crippen molar-refractivity contribution in [2.45, 2.75) is 40.2 Å². The number of benzene rings is 1. The number of anilines is 1. The van der Waals surface area contributed by atoms with Crippen molar-refractivity contribution >= 4 is 23.3 Å². The summed E-state index contributed by atoms with van der Waals surface area (Å²) < 4.78 is 7.59. The lowest BCUT2D eigenvalue weighted by Gasteiger charge is -2.25. The van der Waals surface area contributed by atoms with E-state index < -0.39 is 5.60 Å². The molecule has 0 spiro atoms. The van der Waals surface area contributed by atoms with Gasteiger partial charge in [-0.2, -0.15) is 5.10 Å². The quantitative estimate of drug-likeness (QED) is 0.517. The topological polar surface area (TPSA) is 94.0 Å². The van der Waals surface area contributed by atoms with Gasteiger partial charge in [-0.1, -0.05) is 11.6 Å². The molecule has 2 N–H and O–H groups in total. The molecule has 2 heterocycles. The standard InChI is InChI=1S/C22H27ClN6O2/c1-14-12-15(2)29(28-14)20-13-19(26-16(3)27-20)24-10-11-25-21(30)22(4,5)31-18-8-6-17(23)7-9-18/h6-9,12-13H,10-11H2,1-5H3,(H,25,30)(H,24,26,27). The molecule has 0 saturated carbocycles. The Balaban J connectivity index is 1.55. The van der Waals surface area contributed by atoms with Gasteiger partial charge < -0.3 is 15.4 Å². The van der Waals surface area contributed by atoms with Crippen molar-refractivity contribution < 1.29 is 9.53 Å². The highest BCUT2D eigenvalue weighted by Crippen LogP contribution is 2.21. The first kappa shape index (κ1) is 22.6. The van der Waals surface area contributed by atoms with Gasteiger partial charge in [0.05, 0.1) is 5.69 Å². The molecule has 0 aliphatic carbocycles. The smallest absolute Gasteiger partial charge is 0.263 e. The number of carbonyl (C=O) groups is 1. The summed E-state index contributed by atoms with van der Waals surface area (Å²) in [4.78, 5) is 21.4. The second-order valence-electron chi connectivity index (χ2n) is 7.75. The minimum absolute atomic E-state index is 0.216. The van der Waals surface area contributed by atoms with Crippen LogP contribution in [0.15, 0.2) is 36.4 Å². The summed E-state index contributed by atoms with van der Waals surface area (Å²) in [7, 11) is 0.